The molecule has 1 aliphatic rings. The zero-order chi connectivity index (χ0) is 14.0. The van der Waals surface area contributed by atoms with E-state index < -0.39 is 17.6 Å². The molecule has 1 saturated heterocycles. The zero-order valence-electron chi connectivity index (χ0n) is 10.6. The van der Waals surface area contributed by atoms with Crippen molar-refractivity contribution in [2.45, 2.75) is 25.7 Å². The van der Waals surface area contributed by atoms with Gasteiger partial charge in [-0.15, -0.1) is 0 Å². The second-order valence-corrected chi connectivity index (χ2v) is 4.90. The molecule has 1 aromatic rings. The Bertz CT molecular complexity index is 445. The van der Waals surface area contributed by atoms with Gasteiger partial charge in [0.15, 0.2) is 0 Å². The molecule has 0 saturated carbocycles. The lowest BCUT2D eigenvalue weighted by Gasteiger charge is -2.31. The molecule has 0 spiro atoms. The van der Waals surface area contributed by atoms with Crippen LogP contribution in [0.3, 0.4) is 0 Å². The van der Waals surface area contributed by atoms with E-state index in [4.69, 9.17) is 0 Å². The van der Waals surface area contributed by atoms with Crippen LogP contribution in [0.4, 0.5) is 17.6 Å². The van der Waals surface area contributed by atoms with Crippen molar-refractivity contribution in [2.24, 2.45) is 0 Å². The minimum Gasteiger partial charge on any atom is -0.312 e. The Morgan fingerprint density at radius 3 is 2.74 bits per heavy atom. The van der Waals surface area contributed by atoms with E-state index in [-0.39, 0.29) is 0 Å². The van der Waals surface area contributed by atoms with E-state index >= 15 is 0 Å². The van der Waals surface area contributed by atoms with Gasteiger partial charge in [0.1, 0.15) is 5.82 Å². The Labute approximate surface area is 109 Å². The molecule has 1 N–H and O–H groups in total. The predicted molar refractivity (Wildman–Crippen MR) is 64.1 cm³/mol. The SMILES string of the molecule is CC1CN(Cc2ccc(F)c(C(F)(F)F)c2)CCN1. The summed E-state index contributed by atoms with van der Waals surface area (Å²) in [5, 5.41) is 3.26. The average molecular weight is 276 g/mol. The van der Waals surface area contributed by atoms with Crippen LogP contribution in [0.2, 0.25) is 0 Å². The van der Waals surface area contributed by atoms with Gasteiger partial charge >= 0.3 is 6.18 Å². The maximum absolute atomic E-state index is 13.2. The molecule has 0 amide bonds. The summed E-state index contributed by atoms with van der Waals surface area (Å²) in [5.41, 5.74) is -0.698. The van der Waals surface area contributed by atoms with E-state index in [0.29, 0.717) is 18.2 Å². The van der Waals surface area contributed by atoms with Crippen molar-refractivity contribution < 1.29 is 17.6 Å². The molecule has 0 bridgehead atoms. The summed E-state index contributed by atoms with van der Waals surface area (Å²) in [6.07, 6.45) is -4.64. The molecule has 2 nitrogen and oxygen atoms in total. The number of alkyl halides is 3. The van der Waals surface area contributed by atoms with Gasteiger partial charge in [-0.05, 0) is 24.6 Å². The van der Waals surface area contributed by atoms with Crippen LogP contribution < -0.4 is 5.32 Å². The van der Waals surface area contributed by atoms with E-state index in [9.17, 15) is 17.6 Å². The number of rotatable bonds is 2. The van der Waals surface area contributed by atoms with Gasteiger partial charge in [0.2, 0.25) is 0 Å². The Morgan fingerprint density at radius 1 is 1.37 bits per heavy atom. The first-order chi connectivity index (χ1) is 8.86. The molecule has 0 radical (unpaired) electrons. The Balaban J connectivity index is 2.13. The maximum atomic E-state index is 13.2. The van der Waals surface area contributed by atoms with Crippen molar-refractivity contribution in [1.29, 1.82) is 0 Å². The number of nitrogens with zero attached hydrogens (tertiary/aromatic N) is 1. The summed E-state index contributed by atoms with van der Waals surface area (Å²) in [4.78, 5) is 2.06. The maximum Gasteiger partial charge on any atom is 0.419 e. The highest BCUT2D eigenvalue weighted by molar-refractivity contribution is 5.27. The van der Waals surface area contributed by atoms with Gasteiger partial charge in [0.05, 0.1) is 5.56 Å². The number of hydrogen-bond acceptors (Lipinski definition) is 2. The fourth-order valence-corrected chi connectivity index (χ4v) is 2.30. The van der Waals surface area contributed by atoms with Gasteiger partial charge in [-0.2, -0.15) is 13.2 Å². The highest BCUT2D eigenvalue weighted by Crippen LogP contribution is 2.32. The monoisotopic (exact) mass is 276 g/mol. The molecular formula is C13H16F4N2. The Morgan fingerprint density at radius 2 is 2.11 bits per heavy atom. The molecular weight excluding hydrogens is 260 g/mol. The molecule has 1 unspecified atom stereocenters. The molecule has 6 heteroatoms. The topological polar surface area (TPSA) is 15.3 Å². The fourth-order valence-electron chi connectivity index (χ4n) is 2.30. The second kappa shape index (κ2) is 5.46. The molecule has 19 heavy (non-hydrogen) atoms. The number of benzene rings is 1. The lowest BCUT2D eigenvalue weighted by Crippen LogP contribution is -2.48. The molecule has 0 aromatic heterocycles. The van der Waals surface area contributed by atoms with Crippen molar-refractivity contribution in [2.75, 3.05) is 19.6 Å². The number of halogens is 4. The summed E-state index contributed by atoms with van der Waals surface area (Å²) in [5.74, 6) is -1.22. The van der Waals surface area contributed by atoms with Crippen molar-refractivity contribution >= 4 is 0 Å². The van der Waals surface area contributed by atoms with Gasteiger partial charge in [-0.25, -0.2) is 4.39 Å². The minimum absolute atomic E-state index is 0.316. The molecule has 1 atom stereocenters. The summed E-state index contributed by atoms with van der Waals surface area (Å²) < 4.78 is 51.0. The van der Waals surface area contributed by atoms with Crippen LogP contribution in [0.1, 0.15) is 18.1 Å². The molecule has 1 aromatic carbocycles. The van der Waals surface area contributed by atoms with Crippen molar-refractivity contribution in [3.8, 4) is 0 Å². The molecule has 2 rings (SSSR count). The smallest absolute Gasteiger partial charge is 0.312 e. The van der Waals surface area contributed by atoms with E-state index in [2.05, 4.69) is 10.2 Å². The standard InChI is InChI=1S/C13H16F4N2/c1-9-7-19(5-4-18-9)8-10-2-3-12(14)11(6-10)13(15,16)17/h2-3,6,9,18H,4-5,7-8H2,1H3. The third kappa shape index (κ3) is 3.67. The van der Waals surface area contributed by atoms with Crippen LogP contribution >= 0.6 is 0 Å². The molecule has 106 valence electrons. The van der Waals surface area contributed by atoms with Crippen LogP contribution in [0.5, 0.6) is 0 Å². The van der Waals surface area contributed by atoms with Gasteiger partial charge in [-0.3, -0.25) is 4.90 Å². The van der Waals surface area contributed by atoms with E-state index in [0.717, 1.165) is 31.8 Å². The summed E-state index contributed by atoms with van der Waals surface area (Å²) >= 11 is 0. The Hall–Kier alpha value is -1.14. The van der Waals surface area contributed by atoms with Crippen LogP contribution in [0, 0.1) is 5.82 Å². The largest absolute Gasteiger partial charge is 0.419 e. The van der Waals surface area contributed by atoms with Crippen molar-refractivity contribution in [3.05, 3.63) is 35.1 Å². The summed E-state index contributed by atoms with van der Waals surface area (Å²) in [7, 11) is 0. The number of hydrogen-bond donors (Lipinski definition) is 1. The van der Waals surface area contributed by atoms with E-state index in [1.807, 2.05) is 6.92 Å². The number of nitrogens with one attached hydrogen (secondary N) is 1. The quantitative estimate of drug-likeness (QED) is 0.835. The van der Waals surface area contributed by atoms with Crippen LogP contribution in [-0.2, 0) is 12.7 Å². The lowest BCUT2D eigenvalue weighted by atomic mass is 10.1. The third-order valence-electron chi connectivity index (χ3n) is 3.20. The number of piperazine rings is 1. The van der Waals surface area contributed by atoms with E-state index in [1.165, 1.54) is 6.07 Å². The third-order valence-corrected chi connectivity index (χ3v) is 3.20. The Kier molecular flexibility index (Phi) is 4.10. The first kappa shape index (κ1) is 14.3. The summed E-state index contributed by atoms with van der Waals surface area (Å²) in [6.45, 7) is 4.81. The molecule has 0 aliphatic carbocycles. The predicted octanol–water partition coefficient (Wildman–Crippen LogP) is 2.64. The van der Waals surface area contributed by atoms with Crippen molar-refractivity contribution in [3.63, 3.8) is 0 Å². The van der Waals surface area contributed by atoms with E-state index in [1.54, 1.807) is 0 Å². The molecule has 1 aliphatic heterocycles. The molecule has 1 heterocycles. The summed E-state index contributed by atoms with van der Waals surface area (Å²) in [6, 6.07) is 3.53. The second-order valence-electron chi connectivity index (χ2n) is 4.90. The fraction of sp³-hybridized carbons (Fsp3) is 0.538. The first-order valence-corrected chi connectivity index (χ1v) is 6.17. The van der Waals surface area contributed by atoms with Gasteiger partial charge in [0, 0.05) is 32.2 Å². The highest BCUT2D eigenvalue weighted by atomic mass is 19.4. The zero-order valence-corrected chi connectivity index (χ0v) is 10.6. The average Bonchev–Trinajstić information content (AvgIpc) is 2.30. The van der Waals surface area contributed by atoms with Gasteiger partial charge in [-0.1, -0.05) is 6.07 Å². The van der Waals surface area contributed by atoms with Crippen LogP contribution in [-0.4, -0.2) is 30.6 Å². The molecule has 1 fully saturated rings. The van der Waals surface area contributed by atoms with Gasteiger partial charge < -0.3 is 5.32 Å². The highest BCUT2D eigenvalue weighted by Gasteiger charge is 2.34. The lowest BCUT2D eigenvalue weighted by molar-refractivity contribution is -0.140. The van der Waals surface area contributed by atoms with Crippen LogP contribution in [0.25, 0.3) is 0 Å². The van der Waals surface area contributed by atoms with Crippen molar-refractivity contribution in [1.82, 2.24) is 10.2 Å². The van der Waals surface area contributed by atoms with Crippen LogP contribution in [0.15, 0.2) is 18.2 Å². The minimum atomic E-state index is -4.64. The first-order valence-electron chi connectivity index (χ1n) is 6.17. The van der Waals surface area contributed by atoms with Gasteiger partial charge in [0.25, 0.3) is 0 Å². The normalized spacial score (nSPS) is 21.6.